The highest BCUT2D eigenvalue weighted by molar-refractivity contribution is 7.89. The molecule has 118 valence electrons. The van der Waals surface area contributed by atoms with Crippen molar-refractivity contribution in [1.82, 2.24) is 4.31 Å². The Balaban J connectivity index is 2.13. The molecule has 1 aliphatic heterocycles. The summed E-state index contributed by atoms with van der Waals surface area (Å²) in [6.07, 6.45) is 2.27. The smallest absolute Gasteiger partial charge is 0.243 e. The standard InChI is InChI=1S/C15H23NO4S/c1-2-20-14-4-3-10-16(12-14)21(18,19)15-7-5-13(6-8-15)9-11-17/h5-8,14,17H,2-4,9-12H2,1H3. The molecule has 0 radical (unpaired) electrons. The molecular formula is C15H23NO4S. The van der Waals surface area contributed by atoms with Crippen LogP contribution in [0.5, 0.6) is 0 Å². The van der Waals surface area contributed by atoms with Gasteiger partial charge in [-0.05, 0) is 43.9 Å². The molecular weight excluding hydrogens is 290 g/mol. The van der Waals surface area contributed by atoms with Gasteiger partial charge in [-0.25, -0.2) is 8.42 Å². The minimum atomic E-state index is -3.45. The molecule has 21 heavy (non-hydrogen) atoms. The highest BCUT2D eigenvalue weighted by Gasteiger charge is 2.30. The Morgan fingerprint density at radius 3 is 2.67 bits per heavy atom. The van der Waals surface area contributed by atoms with E-state index in [2.05, 4.69) is 0 Å². The molecule has 1 fully saturated rings. The number of benzene rings is 1. The minimum absolute atomic E-state index is 0.00723. The van der Waals surface area contributed by atoms with Crippen molar-refractivity contribution in [3.8, 4) is 0 Å². The number of nitrogens with zero attached hydrogens (tertiary/aromatic N) is 1. The predicted octanol–water partition coefficient (Wildman–Crippen LogP) is 1.41. The molecule has 1 aromatic rings. The first-order valence-electron chi connectivity index (χ1n) is 7.39. The molecule has 1 unspecified atom stereocenters. The van der Waals surface area contributed by atoms with Gasteiger partial charge in [-0.3, -0.25) is 0 Å². The number of ether oxygens (including phenoxy) is 1. The molecule has 0 bridgehead atoms. The van der Waals surface area contributed by atoms with Crippen LogP contribution in [0.3, 0.4) is 0 Å². The van der Waals surface area contributed by atoms with Crippen molar-refractivity contribution in [2.45, 2.75) is 37.2 Å². The maximum atomic E-state index is 12.6. The normalized spacial score (nSPS) is 20.6. The van der Waals surface area contributed by atoms with Crippen molar-refractivity contribution in [2.24, 2.45) is 0 Å². The Morgan fingerprint density at radius 1 is 1.33 bits per heavy atom. The van der Waals surface area contributed by atoms with Gasteiger partial charge in [-0.1, -0.05) is 12.1 Å². The van der Waals surface area contributed by atoms with E-state index in [1.807, 2.05) is 6.92 Å². The highest BCUT2D eigenvalue weighted by atomic mass is 32.2. The average Bonchev–Trinajstić information content (AvgIpc) is 2.49. The van der Waals surface area contributed by atoms with Crippen molar-refractivity contribution < 1.29 is 18.3 Å². The van der Waals surface area contributed by atoms with Gasteiger partial charge >= 0.3 is 0 Å². The van der Waals surface area contributed by atoms with Gasteiger partial charge in [0, 0.05) is 26.3 Å². The molecule has 2 rings (SSSR count). The van der Waals surface area contributed by atoms with Crippen molar-refractivity contribution in [3.05, 3.63) is 29.8 Å². The number of hydrogen-bond donors (Lipinski definition) is 1. The lowest BCUT2D eigenvalue weighted by Gasteiger charge is -2.31. The van der Waals surface area contributed by atoms with Crippen molar-refractivity contribution in [3.63, 3.8) is 0 Å². The maximum absolute atomic E-state index is 12.6. The molecule has 0 spiro atoms. The van der Waals surface area contributed by atoms with Crippen LogP contribution in [0.15, 0.2) is 29.2 Å². The second kappa shape index (κ2) is 7.35. The predicted molar refractivity (Wildman–Crippen MR) is 80.6 cm³/mol. The Morgan fingerprint density at radius 2 is 2.05 bits per heavy atom. The second-order valence-electron chi connectivity index (χ2n) is 5.20. The number of piperidine rings is 1. The van der Waals surface area contributed by atoms with E-state index in [0.717, 1.165) is 18.4 Å². The number of rotatable bonds is 6. The van der Waals surface area contributed by atoms with Gasteiger partial charge in [-0.15, -0.1) is 0 Å². The Hall–Kier alpha value is -0.950. The van der Waals surface area contributed by atoms with E-state index in [1.165, 1.54) is 4.31 Å². The van der Waals surface area contributed by atoms with Gasteiger partial charge in [0.1, 0.15) is 0 Å². The summed E-state index contributed by atoms with van der Waals surface area (Å²) >= 11 is 0. The summed E-state index contributed by atoms with van der Waals surface area (Å²) in [5.41, 5.74) is 0.933. The summed E-state index contributed by atoms with van der Waals surface area (Å²) < 4.78 is 32.3. The molecule has 1 N–H and O–H groups in total. The maximum Gasteiger partial charge on any atom is 0.243 e. The summed E-state index contributed by atoms with van der Waals surface area (Å²) in [6, 6.07) is 6.75. The van der Waals surface area contributed by atoms with E-state index in [0.29, 0.717) is 31.0 Å². The average molecular weight is 313 g/mol. The zero-order valence-electron chi connectivity index (χ0n) is 12.4. The lowest BCUT2D eigenvalue weighted by atomic mass is 10.1. The van der Waals surface area contributed by atoms with E-state index < -0.39 is 10.0 Å². The summed E-state index contributed by atoms with van der Waals surface area (Å²) in [5, 5.41) is 8.89. The van der Waals surface area contributed by atoms with Crippen LogP contribution >= 0.6 is 0 Å². The second-order valence-corrected chi connectivity index (χ2v) is 7.14. The van der Waals surface area contributed by atoms with E-state index >= 15 is 0 Å². The number of hydrogen-bond acceptors (Lipinski definition) is 4. The number of aliphatic hydroxyl groups is 1. The van der Waals surface area contributed by atoms with Crippen LogP contribution < -0.4 is 0 Å². The molecule has 6 heteroatoms. The Labute approximate surface area is 126 Å². The molecule has 1 heterocycles. The summed E-state index contributed by atoms with van der Waals surface area (Å²) in [4.78, 5) is 0.307. The van der Waals surface area contributed by atoms with E-state index in [9.17, 15) is 8.42 Å². The van der Waals surface area contributed by atoms with Gasteiger partial charge in [0.15, 0.2) is 0 Å². The zero-order chi connectivity index (χ0) is 15.3. The Bertz CT molecular complexity index is 539. The van der Waals surface area contributed by atoms with Crippen molar-refractivity contribution in [2.75, 3.05) is 26.3 Å². The van der Waals surface area contributed by atoms with Gasteiger partial charge in [0.2, 0.25) is 10.0 Å². The number of aliphatic hydroxyl groups excluding tert-OH is 1. The van der Waals surface area contributed by atoms with Crippen LogP contribution in [0, 0.1) is 0 Å². The minimum Gasteiger partial charge on any atom is -0.396 e. The molecule has 1 aromatic carbocycles. The molecule has 1 atom stereocenters. The molecule has 0 aliphatic carbocycles. The Kier molecular flexibility index (Phi) is 5.75. The van der Waals surface area contributed by atoms with Crippen LogP contribution in [0.4, 0.5) is 0 Å². The fraction of sp³-hybridized carbons (Fsp3) is 0.600. The summed E-state index contributed by atoms with van der Waals surface area (Å²) in [5.74, 6) is 0. The molecule has 0 aromatic heterocycles. The first kappa shape index (κ1) is 16.4. The lowest BCUT2D eigenvalue weighted by Crippen LogP contribution is -2.43. The number of sulfonamides is 1. The van der Waals surface area contributed by atoms with E-state index in [1.54, 1.807) is 24.3 Å². The summed E-state index contributed by atoms with van der Waals surface area (Å²) in [7, 11) is -3.45. The topological polar surface area (TPSA) is 66.8 Å². The van der Waals surface area contributed by atoms with Crippen molar-refractivity contribution >= 4 is 10.0 Å². The van der Waals surface area contributed by atoms with Crippen molar-refractivity contribution in [1.29, 1.82) is 0 Å². The molecule has 1 aliphatic rings. The first-order valence-corrected chi connectivity index (χ1v) is 8.83. The molecule has 0 saturated carbocycles. The van der Waals surface area contributed by atoms with Crippen LogP contribution in [-0.4, -0.2) is 50.2 Å². The molecule has 5 nitrogen and oxygen atoms in total. The molecule has 1 saturated heterocycles. The third-order valence-electron chi connectivity index (χ3n) is 3.70. The quantitative estimate of drug-likeness (QED) is 0.862. The van der Waals surface area contributed by atoms with Crippen LogP contribution in [0.25, 0.3) is 0 Å². The fourth-order valence-electron chi connectivity index (χ4n) is 2.60. The SMILES string of the molecule is CCOC1CCCN(S(=O)(=O)c2ccc(CCO)cc2)C1. The summed E-state index contributed by atoms with van der Waals surface area (Å²) in [6.45, 7) is 3.56. The van der Waals surface area contributed by atoms with Gasteiger partial charge < -0.3 is 9.84 Å². The van der Waals surface area contributed by atoms with E-state index in [-0.39, 0.29) is 12.7 Å². The largest absolute Gasteiger partial charge is 0.396 e. The van der Waals surface area contributed by atoms with Gasteiger partial charge in [-0.2, -0.15) is 4.31 Å². The van der Waals surface area contributed by atoms with Crippen LogP contribution in [-0.2, 0) is 21.2 Å². The van der Waals surface area contributed by atoms with Gasteiger partial charge in [0.05, 0.1) is 11.0 Å². The third-order valence-corrected chi connectivity index (χ3v) is 5.58. The van der Waals surface area contributed by atoms with Crippen LogP contribution in [0.1, 0.15) is 25.3 Å². The van der Waals surface area contributed by atoms with Gasteiger partial charge in [0.25, 0.3) is 0 Å². The zero-order valence-corrected chi connectivity index (χ0v) is 13.2. The monoisotopic (exact) mass is 313 g/mol. The lowest BCUT2D eigenvalue weighted by molar-refractivity contribution is 0.0265. The van der Waals surface area contributed by atoms with Crippen LogP contribution in [0.2, 0.25) is 0 Å². The fourth-order valence-corrected chi connectivity index (χ4v) is 4.11. The third kappa shape index (κ3) is 4.03. The first-order chi connectivity index (χ1) is 10.1. The highest BCUT2D eigenvalue weighted by Crippen LogP contribution is 2.22. The molecule has 0 amide bonds. The van der Waals surface area contributed by atoms with E-state index in [4.69, 9.17) is 9.84 Å².